The molecule has 0 spiro atoms. The van der Waals surface area contributed by atoms with Crippen molar-refractivity contribution in [1.82, 2.24) is 4.98 Å². The molecule has 0 saturated heterocycles. The van der Waals surface area contributed by atoms with E-state index >= 15 is 0 Å². The van der Waals surface area contributed by atoms with Crippen LogP contribution in [0.25, 0.3) is 0 Å². The second-order valence-corrected chi connectivity index (χ2v) is 2.79. The van der Waals surface area contributed by atoms with Crippen molar-refractivity contribution in [3.05, 3.63) is 27.5 Å². The van der Waals surface area contributed by atoms with Crippen molar-refractivity contribution in [2.75, 3.05) is 14.2 Å². The van der Waals surface area contributed by atoms with E-state index in [9.17, 15) is 18.4 Å². The number of aromatic nitrogens is 1. The number of alkyl halides is 2. The Kier molecular flexibility index (Phi) is 3.60. The molecule has 0 bridgehead atoms. The fourth-order valence-electron chi connectivity index (χ4n) is 1.12. The van der Waals surface area contributed by atoms with Gasteiger partial charge in [0.25, 0.3) is 12.0 Å². The van der Waals surface area contributed by atoms with Crippen molar-refractivity contribution >= 4 is 5.97 Å². The summed E-state index contributed by atoms with van der Waals surface area (Å²) in [7, 11) is 2.18. The van der Waals surface area contributed by atoms with Crippen molar-refractivity contribution in [1.29, 1.82) is 0 Å². The third kappa shape index (κ3) is 2.18. The van der Waals surface area contributed by atoms with Gasteiger partial charge in [0.05, 0.1) is 19.8 Å². The van der Waals surface area contributed by atoms with E-state index in [1.165, 1.54) is 0 Å². The van der Waals surface area contributed by atoms with Gasteiger partial charge in [-0.1, -0.05) is 0 Å². The van der Waals surface area contributed by atoms with E-state index in [-0.39, 0.29) is 5.88 Å². The Bertz CT molecular complexity index is 455. The number of aromatic amines is 1. The fourth-order valence-corrected chi connectivity index (χ4v) is 1.12. The molecule has 1 rings (SSSR count). The number of hydrogen-bond donors (Lipinski definition) is 1. The summed E-state index contributed by atoms with van der Waals surface area (Å²) in [5, 5.41) is 0. The number of pyridine rings is 1. The van der Waals surface area contributed by atoms with Gasteiger partial charge in [-0.25, -0.2) is 13.6 Å². The van der Waals surface area contributed by atoms with Crippen LogP contribution in [0.3, 0.4) is 0 Å². The first-order valence-electron chi connectivity index (χ1n) is 4.19. The molecule has 1 aromatic rings. The first-order valence-corrected chi connectivity index (χ1v) is 4.19. The second-order valence-electron chi connectivity index (χ2n) is 2.79. The summed E-state index contributed by atoms with van der Waals surface area (Å²) in [6.45, 7) is 0. The van der Waals surface area contributed by atoms with Crippen molar-refractivity contribution in [2.45, 2.75) is 6.43 Å². The van der Waals surface area contributed by atoms with Crippen LogP contribution >= 0.6 is 0 Å². The van der Waals surface area contributed by atoms with Gasteiger partial charge in [-0.05, 0) is 6.07 Å². The Morgan fingerprint density at radius 1 is 1.44 bits per heavy atom. The van der Waals surface area contributed by atoms with E-state index in [1.807, 2.05) is 4.98 Å². The summed E-state index contributed by atoms with van der Waals surface area (Å²) < 4.78 is 33.9. The summed E-state index contributed by atoms with van der Waals surface area (Å²) >= 11 is 0. The molecule has 0 unspecified atom stereocenters. The molecule has 0 aromatic carbocycles. The number of halogens is 2. The predicted molar refractivity (Wildman–Crippen MR) is 49.9 cm³/mol. The van der Waals surface area contributed by atoms with E-state index in [0.29, 0.717) is 0 Å². The van der Waals surface area contributed by atoms with Crippen molar-refractivity contribution in [2.24, 2.45) is 0 Å². The third-order valence-corrected chi connectivity index (χ3v) is 1.88. The maximum atomic E-state index is 12.5. The van der Waals surface area contributed by atoms with Crippen molar-refractivity contribution in [3.8, 4) is 5.88 Å². The monoisotopic (exact) mass is 233 g/mol. The molecule has 0 fully saturated rings. The molecule has 0 aliphatic carbocycles. The van der Waals surface area contributed by atoms with Gasteiger partial charge in [-0.3, -0.25) is 9.78 Å². The molecule has 5 nitrogen and oxygen atoms in total. The first-order chi connectivity index (χ1) is 7.51. The molecule has 0 radical (unpaired) electrons. The maximum Gasteiger partial charge on any atom is 0.343 e. The van der Waals surface area contributed by atoms with Crippen LogP contribution in [0.2, 0.25) is 0 Å². The number of methoxy groups -OCH3 is 2. The number of H-pyrrole nitrogens is 1. The molecule has 0 aliphatic heterocycles. The smallest absolute Gasteiger partial charge is 0.343 e. The number of rotatable bonds is 3. The number of hydrogen-bond acceptors (Lipinski definition) is 4. The van der Waals surface area contributed by atoms with Gasteiger partial charge in [-0.15, -0.1) is 0 Å². The Balaban J connectivity index is 3.39. The van der Waals surface area contributed by atoms with Gasteiger partial charge in [0.2, 0.25) is 5.88 Å². The van der Waals surface area contributed by atoms with Crippen LogP contribution in [0, 0.1) is 0 Å². The zero-order valence-electron chi connectivity index (χ0n) is 8.54. The minimum absolute atomic E-state index is 0.368. The lowest BCUT2D eigenvalue weighted by molar-refractivity contribution is 0.0598. The van der Waals surface area contributed by atoms with E-state index in [2.05, 4.69) is 9.47 Å². The quantitative estimate of drug-likeness (QED) is 0.794. The highest BCUT2D eigenvalue weighted by atomic mass is 19.3. The summed E-state index contributed by atoms with van der Waals surface area (Å²) in [6.07, 6.45) is -2.87. The minimum atomic E-state index is -2.87. The highest BCUT2D eigenvalue weighted by Gasteiger charge is 2.20. The summed E-state index contributed by atoms with van der Waals surface area (Å²) in [5.74, 6) is -1.35. The summed E-state index contributed by atoms with van der Waals surface area (Å²) in [4.78, 5) is 24.4. The van der Waals surface area contributed by atoms with Gasteiger partial charge in [0.15, 0.2) is 0 Å². The topological polar surface area (TPSA) is 68.4 Å². The molecule has 0 atom stereocenters. The Labute approximate surface area is 89.0 Å². The molecular weight excluding hydrogens is 224 g/mol. The van der Waals surface area contributed by atoms with Crippen LogP contribution in [0.1, 0.15) is 22.3 Å². The number of carbonyl (C=O) groups is 1. The van der Waals surface area contributed by atoms with Crippen LogP contribution in [-0.2, 0) is 4.74 Å². The Morgan fingerprint density at radius 2 is 2.06 bits per heavy atom. The Hall–Kier alpha value is -1.92. The SMILES string of the molecule is COC(=O)c1cc(C(F)F)c(OC)[nH]c1=O. The minimum Gasteiger partial charge on any atom is -0.482 e. The molecule has 0 amide bonds. The van der Waals surface area contributed by atoms with Crippen molar-refractivity contribution < 1.29 is 23.0 Å². The first kappa shape index (κ1) is 12.2. The molecule has 7 heteroatoms. The lowest BCUT2D eigenvalue weighted by Crippen LogP contribution is -2.20. The molecule has 1 aromatic heterocycles. The van der Waals surface area contributed by atoms with Crippen molar-refractivity contribution in [3.63, 3.8) is 0 Å². The van der Waals surface area contributed by atoms with E-state index in [0.717, 1.165) is 20.3 Å². The average molecular weight is 233 g/mol. The normalized spacial score (nSPS) is 10.3. The van der Waals surface area contributed by atoms with Crippen LogP contribution < -0.4 is 10.3 Å². The number of carbonyl (C=O) groups excluding carboxylic acids is 1. The highest BCUT2D eigenvalue weighted by molar-refractivity contribution is 5.89. The Morgan fingerprint density at radius 3 is 2.50 bits per heavy atom. The highest BCUT2D eigenvalue weighted by Crippen LogP contribution is 2.26. The molecule has 88 valence electrons. The van der Waals surface area contributed by atoms with Crippen LogP contribution in [-0.4, -0.2) is 25.2 Å². The fraction of sp³-hybridized carbons (Fsp3) is 0.333. The zero-order valence-corrected chi connectivity index (χ0v) is 8.54. The third-order valence-electron chi connectivity index (χ3n) is 1.88. The van der Waals surface area contributed by atoms with Gasteiger partial charge in [0, 0.05) is 0 Å². The van der Waals surface area contributed by atoms with Gasteiger partial charge in [-0.2, -0.15) is 0 Å². The lowest BCUT2D eigenvalue weighted by Gasteiger charge is -2.08. The van der Waals surface area contributed by atoms with Crippen LogP contribution in [0.15, 0.2) is 10.9 Å². The second kappa shape index (κ2) is 4.73. The largest absolute Gasteiger partial charge is 0.482 e. The average Bonchev–Trinajstić information content (AvgIpc) is 2.27. The van der Waals surface area contributed by atoms with Crippen LogP contribution in [0.5, 0.6) is 5.88 Å². The maximum absolute atomic E-state index is 12.5. The molecule has 1 heterocycles. The van der Waals surface area contributed by atoms with E-state index in [1.54, 1.807) is 0 Å². The summed E-state index contributed by atoms with van der Waals surface area (Å²) in [6, 6.07) is 0.758. The molecule has 16 heavy (non-hydrogen) atoms. The van der Waals surface area contributed by atoms with E-state index in [4.69, 9.17) is 0 Å². The number of ether oxygens (including phenoxy) is 2. The van der Waals surface area contributed by atoms with E-state index < -0.39 is 29.1 Å². The molecule has 1 N–H and O–H groups in total. The van der Waals surface area contributed by atoms with Gasteiger partial charge >= 0.3 is 5.97 Å². The summed E-state index contributed by atoms with van der Waals surface area (Å²) in [5.41, 5.74) is -1.89. The van der Waals surface area contributed by atoms with Gasteiger partial charge in [0.1, 0.15) is 5.56 Å². The number of nitrogens with one attached hydrogen (secondary N) is 1. The lowest BCUT2D eigenvalue weighted by atomic mass is 10.2. The van der Waals surface area contributed by atoms with Crippen LogP contribution in [0.4, 0.5) is 8.78 Å². The molecule has 0 aliphatic rings. The predicted octanol–water partition coefficient (Wildman–Crippen LogP) is 1.11. The standard InChI is InChI=1S/C9H9F2NO4/c1-15-8-4(6(10)11)3-5(7(13)12-8)9(14)16-2/h3,6H,1-2H3,(H,12,13). The molecular formula is C9H9F2NO4. The number of esters is 1. The zero-order chi connectivity index (χ0) is 12.3. The van der Waals surface area contributed by atoms with Gasteiger partial charge < -0.3 is 9.47 Å². The molecule has 0 saturated carbocycles.